The van der Waals surface area contributed by atoms with Gasteiger partial charge in [0.25, 0.3) is 0 Å². The summed E-state index contributed by atoms with van der Waals surface area (Å²) in [4.78, 5) is 20.9. The van der Waals surface area contributed by atoms with Gasteiger partial charge < -0.3 is 10.2 Å². The zero-order valence-electron chi connectivity index (χ0n) is 7.62. The van der Waals surface area contributed by atoms with E-state index in [2.05, 4.69) is 0 Å². The van der Waals surface area contributed by atoms with Gasteiger partial charge >= 0.3 is 11.9 Å². The van der Waals surface area contributed by atoms with Crippen LogP contribution in [0.2, 0.25) is 0 Å². The Bertz CT molecular complexity index is 380. The Morgan fingerprint density at radius 3 is 1.40 bits per heavy atom. The predicted molar refractivity (Wildman–Crippen MR) is 46.0 cm³/mol. The molecule has 0 saturated carbocycles. The van der Waals surface area contributed by atoms with Crippen molar-refractivity contribution in [2.45, 2.75) is 0 Å². The van der Waals surface area contributed by atoms with Crippen molar-refractivity contribution in [2.75, 3.05) is 0 Å². The molecule has 0 heterocycles. The molecular weight excluding hydrogens is 205 g/mol. The van der Waals surface area contributed by atoms with E-state index >= 15 is 0 Å². The molecule has 0 aliphatic rings. The second-order valence-electron chi connectivity index (χ2n) is 2.42. The first-order valence-electron chi connectivity index (χ1n) is 3.39. The first kappa shape index (κ1) is 13.6. The third-order valence-corrected chi connectivity index (χ3v) is 1.52. The van der Waals surface area contributed by atoms with Crippen molar-refractivity contribution in [3.05, 3.63) is 34.9 Å². The standard InChI is InChI=1S/C8H4F2O4.Li/c9-5-1-3(7(11)12)4(8(13)14)2-6(5)10;/h1-2H,(H,11,12)(H,13,14);. The van der Waals surface area contributed by atoms with Gasteiger partial charge in [0, 0.05) is 18.9 Å². The molecule has 1 aromatic carbocycles. The molecule has 1 radical (unpaired) electrons. The Balaban J connectivity index is 0.00000196. The molecule has 0 bridgehead atoms. The van der Waals surface area contributed by atoms with E-state index in [1.54, 1.807) is 0 Å². The van der Waals surface area contributed by atoms with Gasteiger partial charge in [-0.05, 0) is 12.1 Å². The SMILES string of the molecule is O=C(O)c1cc(F)c(F)cc1C(=O)O.[Li]. The monoisotopic (exact) mass is 209 g/mol. The molecule has 75 valence electrons. The Hall–Kier alpha value is -1.38. The molecule has 7 heteroatoms. The molecule has 0 aliphatic carbocycles. The van der Waals surface area contributed by atoms with E-state index in [1.807, 2.05) is 0 Å². The minimum absolute atomic E-state index is 0. The van der Waals surface area contributed by atoms with Gasteiger partial charge in [-0.2, -0.15) is 0 Å². The fourth-order valence-electron chi connectivity index (χ4n) is 0.901. The molecule has 1 rings (SSSR count). The quantitative estimate of drug-likeness (QED) is 0.712. The van der Waals surface area contributed by atoms with Crippen LogP contribution in [0, 0.1) is 11.6 Å². The van der Waals surface area contributed by atoms with Gasteiger partial charge in [0.1, 0.15) is 0 Å². The summed E-state index contributed by atoms with van der Waals surface area (Å²) in [5.41, 5.74) is -1.56. The van der Waals surface area contributed by atoms with Gasteiger partial charge in [-0.1, -0.05) is 0 Å². The van der Waals surface area contributed by atoms with Gasteiger partial charge in [0.05, 0.1) is 11.1 Å². The smallest absolute Gasteiger partial charge is 0.336 e. The van der Waals surface area contributed by atoms with Crippen LogP contribution in [0.4, 0.5) is 8.78 Å². The van der Waals surface area contributed by atoms with E-state index in [1.165, 1.54) is 0 Å². The van der Waals surface area contributed by atoms with Crippen LogP contribution in [-0.2, 0) is 0 Å². The number of carbonyl (C=O) groups is 2. The summed E-state index contributed by atoms with van der Waals surface area (Å²) in [6.07, 6.45) is 0. The molecule has 0 fully saturated rings. The first-order valence-corrected chi connectivity index (χ1v) is 3.39. The number of hydrogen-bond acceptors (Lipinski definition) is 2. The average Bonchev–Trinajstić information content (AvgIpc) is 2.08. The van der Waals surface area contributed by atoms with Crippen LogP contribution < -0.4 is 0 Å². The molecule has 0 spiro atoms. The summed E-state index contributed by atoms with van der Waals surface area (Å²) < 4.78 is 25.1. The van der Waals surface area contributed by atoms with Crippen LogP contribution in [-0.4, -0.2) is 41.0 Å². The van der Waals surface area contributed by atoms with Crippen LogP contribution >= 0.6 is 0 Å². The maximum Gasteiger partial charge on any atom is 0.336 e. The van der Waals surface area contributed by atoms with Crippen molar-refractivity contribution in [1.82, 2.24) is 0 Å². The molecule has 0 atom stereocenters. The van der Waals surface area contributed by atoms with Gasteiger partial charge in [0.2, 0.25) is 0 Å². The van der Waals surface area contributed by atoms with Crippen molar-refractivity contribution < 1.29 is 28.6 Å². The van der Waals surface area contributed by atoms with Crippen LogP contribution in [0.25, 0.3) is 0 Å². The van der Waals surface area contributed by atoms with E-state index in [9.17, 15) is 18.4 Å². The Morgan fingerprint density at radius 2 is 1.20 bits per heavy atom. The topological polar surface area (TPSA) is 74.6 Å². The number of benzene rings is 1. The second kappa shape index (κ2) is 4.91. The summed E-state index contributed by atoms with van der Waals surface area (Å²) >= 11 is 0. The van der Waals surface area contributed by atoms with Crippen LogP contribution in [0.3, 0.4) is 0 Å². The van der Waals surface area contributed by atoms with Gasteiger partial charge in [-0.3, -0.25) is 0 Å². The second-order valence-corrected chi connectivity index (χ2v) is 2.42. The fourth-order valence-corrected chi connectivity index (χ4v) is 0.901. The Kier molecular flexibility index (Phi) is 4.46. The minimum Gasteiger partial charge on any atom is -0.478 e. The van der Waals surface area contributed by atoms with Gasteiger partial charge in [-0.15, -0.1) is 0 Å². The van der Waals surface area contributed by atoms with E-state index in [0.717, 1.165) is 0 Å². The summed E-state index contributed by atoms with van der Waals surface area (Å²) in [7, 11) is 0. The van der Waals surface area contributed by atoms with E-state index in [0.29, 0.717) is 12.1 Å². The Morgan fingerprint density at radius 1 is 0.933 bits per heavy atom. The fraction of sp³-hybridized carbons (Fsp3) is 0. The zero-order valence-corrected chi connectivity index (χ0v) is 7.62. The molecule has 0 aromatic heterocycles. The number of rotatable bonds is 2. The van der Waals surface area contributed by atoms with Crippen molar-refractivity contribution >= 4 is 30.8 Å². The van der Waals surface area contributed by atoms with Crippen molar-refractivity contribution in [3.8, 4) is 0 Å². The average molecular weight is 209 g/mol. The van der Waals surface area contributed by atoms with Crippen molar-refractivity contribution in [1.29, 1.82) is 0 Å². The molecule has 0 unspecified atom stereocenters. The minimum atomic E-state index is -1.62. The molecule has 1 aromatic rings. The van der Waals surface area contributed by atoms with E-state index in [4.69, 9.17) is 10.2 Å². The van der Waals surface area contributed by atoms with Crippen LogP contribution in [0.5, 0.6) is 0 Å². The molecule has 0 aliphatic heterocycles. The van der Waals surface area contributed by atoms with E-state index < -0.39 is 34.7 Å². The number of carboxylic acid groups (broad SMARTS) is 2. The molecular formula is C8H4F2LiO4. The third kappa shape index (κ3) is 2.78. The number of hydrogen-bond donors (Lipinski definition) is 2. The maximum atomic E-state index is 12.6. The Labute approximate surface area is 94.7 Å². The predicted octanol–water partition coefficient (Wildman–Crippen LogP) is 0.980. The maximum absolute atomic E-state index is 12.6. The largest absolute Gasteiger partial charge is 0.478 e. The van der Waals surface area contributed by atoms with Crippen molar-refractivity contribution in [2.24, 2.45) is 0 Å². The summed E-state index contributed by atoms with van der Waals surface area (Å²) in [6.45, 7) is 0. The van der Waals surface area contributed by atoms with Crippen LogP contribution in [0.1, 0.15) is 20.7 Å². The van der Waals surface area contributed by atoms with Crippen LogP contribution in [0.15, 0.2) is 12.1 Å². The van der Waals surface area contributed by atoms with E-state index in [-0.39, 0.29) is 18.9 Å². The summed E-state index contributed by atoms with van der Waals surface area (Å²) in [5.74, 6) is -6.04. The normalized spacial score (nSPS) is 9.20. The van der Waals surface area contributed by atoms with Crippen molar-refractivity contribution in [3.63, 3.8) is 0 Å². The number of aromatic carboxylic acids is 2. The van der Waals surface area contributed by atoms with Gasteiger partial charge in [0.15, 0.2) is 11.6 Å². The first-order chi connectivity index (χ1) is 6.43. The van der Waals surface area contributed by atoms with Gasteiger partial charge in [-0.25, -0.2) is 18.4 Å². The molecule has 0 saturated heterocycles. The summed E-state index contributed by atoms with van der Waals surface area (Å²) in [5, 5.41) is 17.0. The summed E-state index contributed by atoms with van der Waals surface area (Å²) in [6, 6.07) is 0.669. The molecule has 4 nitrogen and oxygen atoms in total. The third-order valence-electron chi connectivity index (χ3n) is 1.52. The number of halogens is 2. The zero-order chi connectivity index (χ0) is 10.9. The molecule has 15 heavy (non-hydrogen) atoms. The molecule has 0 amide bonds. The molecule has 2 N–H and O–H groups in total. The number of carboxylic acids is 2.